The molecule has 0 saturated carbocycles. The van der Waals surface area contributed by atoms with Crippen LogP contribution in [0.3, 0.4) is 0 Å². The van der Waals surface area contributed by atoms with Gasteiger partial charge in [0.15, 0.2) is 0 Å². The van der Waals surface area contributed by atoms with Crippen LogP contribution in [-0.4, -0.2) is 43.2 Å². The van der Waals surface area contributed by atoms with Gasteiger partial charge in [0, 0.05) is 49.9 Å². The predicted octanol–water partition coefficient (Wildman–Crippen LogP) is 1.24. The second kappa shape index (κ2) is 3.72. The summed E-state index contributed by atoms with van der Waals surface area (Å²) < 4.78 is 0. The summed E-state index contributed by atoms with van der Waals surface area (Å²) in [6, 6.07) is 10.2. The average molecular weight is 229 g/mol. The van der Waals surface area contributed by atoms with Gasteiger partial charge in [0.25, 0.3) is 0 Å². The van der Waals surface area contributed by atoms with Gasteiger partial charge in [0.2, 0.25) is 0 Å². The van der Waals surface area contributed by atoms with E-state index >= 15 is 0 Å². The summed E-state index contributed by atoms with van der Waals surface area (Å²) in [5, 5.41) is 7.23. The number of anilines is 1. The number of nitrogens with one attached hydrogen (secondary N) is 2. The molecule has 0 radical (unpaired) electrons. The summed E-state index contributed by atoms with van der Waals surface area (Å²) in [5.41, 5.74) is 2.91. The molecule has 3 aliphatic rings. The van der Waals surface area contributed by atoms with Crippen LogP contribution in [-0.2, 0) is 0 Å². The normalized spacial score (nSPS) is 35.6. The minimum atomic E-state index is 0.641. The molecule has 0 bridgehead atoms. The van der Waals surface area contributed by atoms with Gasteiger partial charge in [-0.05, 0) is 18.1 Å². The lowest BCUT2D eigenvalue weighted by atomic mass is 9.83. The van der Waals surface area contributed by atoms with E-state index in [2.05, 4.69) is 39.8 Å². The monoisotopic (exact) mass is 229 g/mol. The molecule has 4 rings (SSSR count). The number of piperidine rings is 1. The molecular weight excluding hydrogens is 210 g/mol. The van der Waals surface area contributed by atoms with Crippen molar-refractivity contribution in [2.24, 2.45) is 0 Å². The van der Waals surface area contributed by atoms with Crippen molar-refractivity contribution in [2.45, 2.75) is 24.4 Å². The smallest absolute Gasteiger partial charge is 0.0458 e. The summed E-state index contributed by atoms with van der Waals surface area (Å²) in [7, 11) is 0. The summed E-state index contributed by atoms with van der Waals surface area (Å²) >= 11 is 0. The van der Waals surface area contributed by atoms with Crippen molar-refractivity contribution in [2.75, 3.05) is 31.5 Å². The van der Waals surface area contributed by atoms with Crippen LogP contribution in [0.1, 0.15) is 17.9 Å². The van der Waals surface area contributed by atoms with Gasteiger partial charge in [-0.15, -0.1) is 0 Å². The van der Waals surface area contributed by atoms with Crippen LogP contribution < -0.4 is 10.6 Å². The van der Waals surface area contributed by atoms with Gasteiger partial charge in [0.05, 0.1) is 0 Å². The highest BCUT2D eigenvalue weighted by molar-refractivity contribution is 5.59. The van der Waals surface area contributed by atoms with E-state index < -0.39 is 0 Å². The summed E-state index contributed by atoms with van der Waals surface area (Å²) in [4.78, 5) is 2.66. The number of hydrogen-bond acceptors (Lipinski definition) is 3. The van der Waals surface area contributed by atoms with Crippen molar-refractivity contribution < 1.29 is 0 Å². The number of rotatable bonds is 0. The van der Waals surface area contributed by atoms with E-state index in [4.69, 9.17) is 0 Å². The Hall–Kier alpha value is -1.06. The van der Waals surface area contributed by atoms with E-state index in [9.17, 15) is 0 Å². The Morgan fingerprint density at radius 1 is 1.24 bits per heavy atom. The third kappa shape index (κ3) is 1.49. The molecule has 3 nitrogen and oxygen atoms in total. The SMILES string of the molecule is c1ccc2c(c1)NC1CN3CCNCC3CC21. The second-order valence-corrected chi connectivity index (χ2v) is 5.53. The molecule has 90 valence electrons. The van der Waals surface area contributed by atoms with Crippen molar-refractivity contribution in [1.29, 1.82) is 0 Å². The topological polar surface area (TPSA) is 27.3 Å². The minimum Gasteiger partial charge on any atom is -0.380 e. The van der Waals surface area contributed by atoms with E-state index in [-0.39, 0.29) is 0 Å². The fourth-order valence-corrected chi connectivity index (χ4v) is 3.75. The van der Waals surface area contributed by atoms with Crippen LogP contribution in [0.25, 0.3) is 0 Å². The highest BCUT2D eigenvalue weighted by Crippen LogP contribution is 2.42. The van der Waals surface area contributed by atoms with E-state index in [0.29, 0.717) is 6.04 Å². The zero-order valence-electron chi connectivity index (χ0n) is 10.0. The molecule has 0 aliphatic carbocycles. The van der Waals surface area contributed by atoms with E-state index in [1.165, 1.54) is 31.7 Å². The van der Waals surface area contributed by atoms with Gasteiger partial charge in [-0.1, -0.05) is 18.2 Å². The van der Waals surface area contributed by atoms with Crippen LogP contribution in [0.5, 0.6) is 0 Å². The fourth-order valence-electron chi connectivity index (χ4n) is 3.75. The van der Waals surface area contributed by atoms with Crippen molar-refractivity contribution in [3.63, 3.8) is 0 Å². The summed E-state index contributed by atoms with van der Waals surface area (Å²) in [5.74, 6) is 0.729. The number of benzene rings is 1. The maximum Gasteiger partial charge on any atom is 0.0458 e. The van der Waals surface area contributed by atoms with Crippen molar-refractivity contribution in [1.82, 2.24) is 10.2 Å². The van der Waals surface area contributed by atoms with Crippen LogP contribution in [0, 0.1) is 0 Å². The average Bonchev–Trinajstić information content (AvgIpc) is 2.73. The molecule has 2 saturated heterocycles. The Labute approximate surface area is 102 Å². The molecular formula is C14H19N3. The lowest BCUT2D eigenvalue weighted by Crippen LogP contribution is -2.58. The molecule has 0 spiro atoms. The van der Waals surface area contributed by atoms with Crippen LogP contribution in [0.4, 0.5) is 5.69 Å². The summed E-state index contributed by atoms with van der Waals surface area (Å²) in [6.07, 6.45) is 1.31. The zero-order valence-corrected chi connectivity index (χ0v) is 10.0. The van der Waals surface area contributed by atoms with E-state index in [0.717, 1.165) is 18.5 Å². The van der Waals surface area contributed by atoms with Gasteiger partial charge < -0.3 is 10.6 Å². The number of piperazine rings is 1. The van der Waals surface area contributed by atoms with Gasteiger partial charge in [-0.3, -0.25) is 4.90 Å². The molecule has 3 unspecified atom stereocenters. The number of hydrogen-bond donors (Lipinski definition) is 2. The molecule has 0 aromatic heterocycles. The zero-order chi connectivity index (χ0) is 11.2. The Kier molecular flexibility index (Phi) is 2.17. The van der Waals surface area contributed by atoms with Gasteiger partial charge >= 0.3 is 0 Å². The molecule has 3 aliphatic heterocycles. The first-order valence-corrected chi connectivity index (χ1v) is 6.72. The molecule has 17 heavy (non-hydrogen) atoms. The number of para-hydroxylation sites is 1. The van der Waals surface area contributed by atoms with Gasteiger partial charge in [0.1, 0.15) is 0 Å². The minimum absolute atomic E-state index is 0.641. The van der Waals surface area contributed by atoms with Crippen molar-refractivity contribution in [3.05, 3.63) is 29.8 Å². The van der Waals surface area contributed by atoms with Gasteiger partial charge in [-0.2, -0.15) is 0 Å². The maximum atomic E-state index is 3.71. The predicted molar refractivity (Wildman–Crippen MR) is 69.4 cm³/mol. The summed E-state index contributed by atoms with van der Waals surface area (Å²) in [6.45, 7) is 4.75. The van der Waals surface area contributed by atoms with Crippen molar-refractivity contribution >= 4 is 5.69 Å². The Morgan fingerprint density at radius 3 is 3.18 bits per heavy atom. The molecule has 2 N–H and O–H groups in total. The fraction of sp³-hybridized carbons (Fsp3) is 0.571. The highest BCUT2D eigenvalue weighted by atomic mass is 15.3. The van der Waals surface area contributed by atoms with Crippen molar-refractivity contribution in [3.8, 4) is 0 Å². The molecule has 3 heterocycles. The Balaban J connectivity index is 1.64. The maximum absolute atomic E-state index is 3.71. The third-order valence-electron chi connectivity index (χ3n) is 4.62. The lowest BCUT2D eigenvalue weighted by Gasteiger charge is -2.44. The van der Waals surface area contributed by atoms with Gasteiger partial charge in [-0.25, -0.2) is 0 Å². The van der Waals surface area contributed by atoms with Crippen LogP contribution in [0.15, 0.2) is 24.3 Å². The van der Waals surface area contributed by atoms with Crippen LogP contribution >= 0.6 is 0 Å². The van der Waals surface area contributed by atoms with E-state index in [1.54, 1.807) is 5.56 Å². The highest BCUT2D eigenvalue weighted by Gasteiger charge is 2.41. The molecule has 1 aromatic carbocycles. The molecule has 3 atom stereocenters. The Bertz CT molecular complexity index is 431. The molecule has 0 amide bonds. The first kappa shape index (κ1) is 9.92. The lowest BCUT2D eigenvalue weighted by molar-refractivity contribution is 0.104. The van der Waals surface area contributed by atoms with E-state index in [1.807, 2.05) is 0 Å². The standard InChI is InChI=1S/C14H19N3/c1-2-4-13-11(3-1)12-7-10-8-15-5-6-17(10)9-14(12)16-13/h1-4,10,12,14-16H,5-9H2. The quantitative estimate of drug-likeness (QED) is 0.701. The number of fused-ring (bicyclic) bond motifs is 4. The Morgan fingerprint density at radius 2 is 2.18 bits per heavy atom. The molecule has 3 heteroatoms. The second-order valence-electron chi connectivity index (χ2n) is 5.53. The first-order valence-electron chi connectivity index (χ1n) is 6.72. The first-order chi connectivity index (χ1) is 8.42. The van der Waals surface area contributed by atoms with Crippen LogP contribution in [0.2, 0.25) is 0 Å². The molecule has 2 fully saturated rings. The molecule has 1 aromatic rings. The number of nitrogens with zero attached hydrogens (tertiary/aromatic N) is 1. The largest absolute Gasteiger partial charge is 0.380 e. The third-order valence-corrected chi connectivity index (χ3v) is 4.62.